The van der Waals surface area contributed by atoms with Crippen LogP contribution in [0.1, 0.15) is 18.2 Å². The van der Waals surface area contributed by atoms with E-state index >= 15 is 0 Å². The first kappa shape index (κ1) is 20.5. The van der Waals surface area contributed by atoms with Gasteiger partial charge in [-0.3, -0.25) is 9.79 Å². The molecule has 1 aliphatic rings. The Balaban J connectivity index is 2.00. The van der Waals surface area contributed by atoms with Crippen molar-refractivity contribution >= 4 is 22.7 Å². The minimum absolute atomic E-state index is 0.0170. The lowest BCUT2D eigenvalue weighted by Gasteiger charge is -2.35. The van der Waals surface area contributed by atoms with Crippen molar-refractivity contribution in [3.05, 3.63) is 84.0 Å². The van der Waals surface area contributed by atoms with Crippen LogP contribution in [0, 0.1) is 17.2 Å². The molecule has 0 spiro atoms. The number of benzene rings is 1. The number of dihydropyridines is 1. The highest BCUT2D eigenvalue weighted by molar-refractivity contribution is 8.14. The van der Waals surface area contributed by atoms with Crippen molar-refractivity contribution in [3.63, 3.8) is 0 Å². The molecule has 7 heteroatoms. The first-order valence-corrected chi connectivity index (χ1v) is 10.0. The van der Waals surface area contributed by atoms with Gasteiger partial charge in [0.05, 0.1) is 18.9 Å². The molecule has 2 heterocycles. The van der Waals surface area contributed by atoms with E-state index in [1.54, 1.807) is 25.1 Å². The molecule has 0 fully saturated rings. The van der Waals surface area contributed by atoms with Gasteiger partial charge in [0, 0.05) is 5.75 Å². The summed E-state index contributed by atoms with van der Waals surface area (Å²) in [5.74, 6) is -0.704. The van der Waals surface area contributed by atoms with Gasteiger partial charge in [-0.2, -0.15) is 5.26 Å². The third-order valence-corrected chi connectivity index (χ3v) is 5.67. The second kappa shape index (κ2) is 8.84. The van der Waals surface area contributed by atoms with E-state index in [9.17, 15) is 15.2 Å². The normalized spacial score (nSPS) is 21.2. The topological polar surface area (TPSA) is 98.6 Å². The summed E-state index contributed by atoms with van der Waals surface area (Å²) in [6.45, 7) is 5.66. The quantitative estimate of drug-likeness (QED) is 0.703. The maximum Gasteiger partial charge on any atom is 0.257 e. The van der Waals surface area contributed by atoms with E-state index in [2.05, 4.69) is 18.0 Å². The van der Waals surface area contributed by atoms with Gasteiger partial charge in [-0.25, -0.2) is 0 Å². The Bertz CT molecular complexity index is 990. The van der Waals surface area contributed by atoms with Gasteiger partial charge in [-0.1, -0.05) is 36.4 Å². The zero-order chi connectivity index (χ0) is 20.9. The molecule has 0 saturated heterocycles. The Morgan fingerprint density at radius 2 is 2.17 bits per heavy atom. The van der Waals surface area contributed by atoms with Crippen LogP contribution in [0.5, 0.6) is 0 Å². The van der Waals surface area contributed by atoms with Crippen molar-refractivity contribution in [3.8, 4) is 6.07 Å². The van der Waals surface area contributed by atoms with Crippen molar-refractivity contribution in [1.29, 1.82) is 5.26 Å². The van der Waals surface area contributed by atoms with Crippen molar-refractivity contribution in [2.24, 2.45) is 10.9 Å². The van der Waals surface area contributed by atoms with Crippen molar-refractivity contribution in [1.82, 2.24) is 5.32 Å². The van der Waals surface area contributed by atoms with Crippen LogP contribution < -0.4 is 5.32 Å². The van der Waals surface area contributed by atoms with Gasteiger partial charge in [0.15, 0.2) is 0 Å². The van der Waals surface area contributed by atoms with Crippen molar-refractivity contribution in [2.45, 2.75) is 19.0 Å². The SMILES string of the molecule is C=CCSC1=NC(C)(c2ccccc2)C(C#N)C(O)=C1C(=O)NCc1ccco1. The van der Waals surface area contributed by atoms with E-state index < -0.39 is 17.4 Å². The summed E-state index contributed by atoms with van der Waals surface area (Å²) in [5.41, 5.74) is -0.220. The number of nitrogens with zero attached hydrogens (tertiary/aromatic N) is 2. The largest absolute Gasteiger partial charge is 0.510 e. The van der Waals surface area contributed by atoms with E-state index in [4.69, 9.17) is 9.41 Å². The Kier molecular flexibility index (Phi) is 6.25. The fourth-order valence-corrected chi connectivity index (χ4v) is 4.04. The molecule has 3 rings (SSSR count). The lowest BCUT2D eigenvalue weighted by atomic mass is 9.77. The number of aliphatic hydroxyl groups is 1. The predicted molar refractivity (Wildman–Crippen MR) is 113 cm³/mol. The fraction of sp³-hybridized carbons (Fsp3) is 0.227. The second-order valence-electron chi connectivity index (χ2n) is 6.61. The number of aliphatic hydroxyl groups excluding tert-OH is 1. The van der Waals surface area contributed by atoms with Gasteiger partial charge in [-0.15, -0.1) is 18.3 Å². The van der Waals surface area contributed by atoms with Crippen LogP contribution in [0.25, 0.3) is 0 Å². The van der Waals surface area contributed by atoms with Gasteiger partial charge in [0.2, 0.25) is 0 Å². The summed E-state index contributed by atoms with van der Waals surface area (Å²) >= 11 is 1.29. The molecular formula is C22H21N3O3S. The van der Waals surface area contributed by atoms with Crippen LogP contribution in [-0.4, -0.2) is 21.8 Å². The zero-order valence-electron chi connectivity index (χ0n) is 16.0. The fourth-order valence-electron chi connectivity index (χ4n) is 3.17. The number of nitriles is 1. The number of aliphatic imine (C=N–C) groups is 1. The minimum atomic E-state index is -1.02. The minimum Gasteiger partial charge on any atom is -0.510 e. The van der Waals surface area contributed by atoms with E-state index in [1.807, 2.05) is 30.3 Å². The molecule has 0 aliphatic carbocycles. The van der Waals surface area contributed by atoms with Crippen LogP contribution in [0.15, 0.2) is 82.1 Å². The highest BCUT2D eigenvalue weighted by Gasteiger charge is 2.45. The first-order valence-electron chi connectivity index (χ1n) is 9.04. The standard InChI is InChI=1S/C22H21N3O3S/c1-3-12-29-21-18(20(27)24-14-16-10-7-11-28-16)19(26)17(13-23)22(2,25-21)15-8-5-4-6-9-15/h3-11,17,26H,1,12,14H2,2H3,(H,24,27). The third kappa shape index (κ3) is 4.13. The Hall–Kier alpha value is -3.24. The average molecular weight is 407 g/mol. The van der Waals surface area contributed by atoms with E-state index in [0.717, 1.165) is 5.56 Å². The molecule has 1 aliphatic heterocycles. The number of thioether (sulfide) groups is 1. The second-order valence-corrected chi connectivity index (χ2v) is 7.62. The number of amides is 1. The van der Waals surface area contributed by atoms with Crippen molar-refractivity contribution in [2.75, 3.05) is 5.75 Å². The van der Waals surface area contributed by atoms with Crippen LogP contribution in [0.3, 0.4) is 0 Å². The molecule has 2 aromatic rings. The van der Waals surface area contributed by atoms with Crippen LogP contribution in [0.4, 0.5) is 0 Å². The maximum absolute atomic E-state index is 12.9. The summed E-state index contributed by atoms with van der Waals surface area (Å²) < 4.78 is 5.23. The molecule has 0 saturated carbocycles. The van der Waals surface area contributed by atoms with Crippen LogP contribution in [0.2, 0.25) is 0 Å². The van der Waals surface area contributed by atoms with E-state index in [1.165, 1.54) is 18.0 Å². The molecule has 2 atom stereocenters. The van der Waals surface area contributed by atoms with Gasteiger partial charge in [0.1, 0.15) is 33.6 Å². The highest BCUT2D eigenvalue weighted by atomic mass is 32.2. The Morgan fingerprint density at radius 1 is 1.41 bits per heavy atom. The van der Waals surface area contributed by atoms with E-state index in [0.29, 0.717) is 16.6 Å². The summed E-state index contributed by atoms with van der Waals surface area (Å²) in [4.78, 5) is 17.7. The first-order chi connectivity index (χ1) is 14.0. The Labute approximate surface area is 173 Å². The molecule has 29 heavy (non-hydrogen) atoms. The van der Waals surface area contributed by atoms with Crippen LogP contribution in [-0.2, 0) is 16.9 Å². The molecular weight excluding hydrogens is 386 g/mol. The molecule has 6 nitrogen and oxygen atoms in total. The number of carbonyl (C=O) groups excluding carboxylic acids is 1. The summed E-state index contributed by atoms with van der Waals surface area (Å²) in [6, 6.07) is 14.9. The molecule has 1 aromatic heterocycles. The predicted octanol–water partition coefficient (Wildman–Crippen LogP) is 4.09. The molecule has 1 aromatic carbocycles. The zero-order valence-corrected chi connectivity index (χ0v) is 16.8. The Morgan fingerprint density at radius 3 is 2.79 bits per heavy atom. The number of furan rings is 1. The van der Waals surface area contributed by atoms with Gasteiger partial charge < -0.3 is 14.8 Å². The third-order valence-electron chi connectivity index (χ3n) is 4.69. The van der Waals surface area contributed by atoms with E-state index in [-0.39, 0.29) is 17.9 Å². The average Bonchev–Trinajstić information content (AvgIpc) is 3.25. The van der Waals surface area contributed by atoms with Gasteiger partial charge >= 0.3 is 0 Å². The maximum atomic E-state index is 12.9. The van der Waals surface area contributed by atoms with Gasteiger partial charge in [0.25, 0.3) is 5.91 Å². The molecule has 1 amide bonds. The smallest absolute Gasteiger partial charge is 0.257 e. The molecule has 0 radical (unpaired) electrons. The highest BCUT2D eigenvalue weighted by Crippen LogP contribution is 2.43. The number of rotatable bonds is 6. The lowest BCUT2D eigenvalue weighted by Crippen LogP contribution is -2.40. The number of nitrogens with one attached hydrogen (secondary N) is 1. The molecule has 148 valence electrons. The summed E-state index contributed by atoms with van der Waals surface area (Å²) in [6.07, 6.45) is 3.21. The van der Waals surface area contributed by atoms with Crippen molar-refractivity contribution < 1.29 is 14.3 Å². The van der Waals surface area contributed by atoms with Gasteiger partial charge in [-0.05, 0) is 24.6 Å². The number of hydrogen-bond acceptors (Lipinski definition) is 6. The number of hydrogen-bond donors (Lipinski definition) is 2. The monoisotopic (exact) mass is 407 g/mol. The number of carbonyl (C=O) groups is 1. The molecule has 2 unspecified atom stereocenters. The summed E-state index contributed by atoms with van der Waals surface area (Å²) in [7, 11) is 0. The molecule has 0 bridgehead atoms. The summed E-state index contributed by atoms with van der Waals surface area (Å²) in [5, 5.41) is 23.9. The molecule has 2 N–H and O–H groups in total. The van der Waals surface area contributed by atoms with Crippen LogP contribution >= 0.6 is 11.8 Å². The lowest BCUT2D eigenvalue weighted by molar-refractivity contribution is -0.117.